The summed E-state index contributed by atoms with van der Waals surface area (Å²) in [5.41, 5.74) is 6.36. The van der Waals surface area contributed by atoms with Gasteiger partial charge in [-0.2, -0.15) is 5.26 Å². The number of fused-ring (bicyclic) bond motifs is 1. The first kappa shape index (κ1) is 17.0. The Labute approximate surface area is 149 Å². The Balaban J connectivity index is 2.50. The Morgan fingerprint density at radius 2 is 1.85 bits per heavy atom. The van der Waals surface area contributed by atoms with Gasteiger partial charge in [0.1, 0.15) is 11.8 Å². The molecule has 0 atom stereocenters. The lowest BCUT2D eigenvalue weighted by Gasteiger charge is -2.15. The van der Waals surface area contributed by atoms with Crippen molar-refractivity contribution in [2.75, 3.05) is 7.11 Å². The lowest BCUT2D eigenvalue weighted by Crippen LogP contribution is -2.13. The molecule has 6 heteroatoms. The fourth-order valence-electron chi connectivity index (χ4n) is 2.99. The number of ether oxygens (including phenoxy) is 1. The standard InChI is InChI=1S/C20H14N2O4/c1-26-17-9-15(16(20(24)25)8-12(17)10-21)18-13-5-3-2-4-11(13)6-7-14(18)19(22)23/h2-9H,1H3,(H2,22,23)(H,24,25). The minimum Gasteiger partial charge on any atom is -0.495 e. The largest absolute Gasteiger partial charge is 0.495 e. The Morgan fingerprint density at radius 1 is 1.12 bits per heavy atom. The highest BCUT2D eigenvalue weighted by molar-refractivity contribution is 6.12. The zero-order valence-electron chi connectivity index (χ0n) is 13.8. The molecule has 0 heterocycles. The second-order valence-corrected chi connectivity index (χ2v) is 5.59. The minimum absolute atomic E-state index is 0.0921. The lowest BCUT2D eigenvalue weighted by molar-refractivity contribution is 0.0697. The number of hydrogen-bond acceptors (Lipinski definition) is 4. The number of methoxy groups -OCH3 is 1. The summed E-state index contributed by atoms with van der Waals surface area (Å²) in [4.78, 5) is 23.8. The number of rotatable bonds is 4. The Bertz CT molecular complexity index is 1100. The molecule has 0 aliphatic carbocycles. The van der Waals surface area contributed by atoms with Crippen LogP contribution in [-0.4, -0.2) is 24.1 Å². The number of primary amides is 1. The molecule has 0 fully saturated rings. The van der Waals surface area contributed by atoms with Crippen LogP contribution in [0.15, 0.2) is 48.5 Å². The van der Waals surface area contributed by atoms with Gasteiger partial charge < -0.3 is 15.6 Å². The number of amides is 1. The highest BCUT2D eigenvalue weighted by Gasteiger charge is 2.22. The number of benzene rings is 3. The molecule has 0 aromatic heterocycles. The van der Waals surface area contributed by atoms with Crippen LogP contribution in [0.25, 0.3) is 21.9 Å². The number of nitrogens with zero attached hydrogens (tertiary/aromatic N) is 1. The molecule has 1 amide bonds. The quantitative estimate of drug-likeness (QED) is 0.753. The summed E-state index contributed by atoms with van der Waals surface area (Å²) in [5, 5.41) is 20.4. The number of aromatic carboxylic acids is 1. The Kier molecular flexibility index (Phi) is 4.29. The van der Waals surface area contributed by atoms with Crippen molar-refractivity contribution >= 4 is 22.6 Å². The van der Waals surface area contributed by atoms with E-state index in [9.17, 15) is 20.0 Å². The van der Waals surface area contributed by atoms with Gasteiger partial charge in [-0.1, -0.05) is 30.3 Å². The Hall–Kier alpha value is -3.85. The average Bonchev–Trinajstić information content (AvgIpc) is 2.65. The van der Waals surface area contributed by atoms with Crippen molar-refractivity contribution < 1.29 is 19.4 Å². The van der Waals surface area contributed by atoms with Gasteiger partial charge in [-0.05, 0) is 29.0 Å². The normalized spacial score (nSPS) is 10.3. The highest BCUT2D eigenvalue weighted by atomic mass is 16.5. The predicted molar refractivity (Wildman–Crippen MR) is 96.1 cm³/mol. The van der Waals surface area contributed by atoms with E-state index in [1.165, 1.54) is 19.2 Å². The molecule has 128 valence electrons. The van der Waals surface area contributed by atoms with E-state index in [4.69, 9.17) is 10.5 Å². The number of carboxylic acids is 1. The summed E-state index contributed by atoms with van der Waals surface area (Å²) in [6.07, 6.45) is 0. The third kappa shape index (κ3) is 2.72. The molecule has 26 heavy (non-hydrogen) atoms. The van der Waals surface area contributed by atoms with Gasteiger partial charge in [0, 0.05) is 16.7 Å². The zero-order valence-corrected chi connectivity index (χ0v) is 13.8. The van der Waals surface area contributed by atoms with Crippen LogP contribution in [-0.2, 0) is 0 Å². The number of nitriles is 1. The minimum atomic E-state index is -1.22. The van der Waals surface area contributed by atoms with Crippen molar-refractivity contribution in [2.24, 2.45) is 5.73 Å². The van der Waals surface area contributed by atoms with Crippen LogP contribution in [0.5, 0.6) is 5.75 Å². The molecule has 0 spiro atoms. The highest BCUT2D eigenvalue weighted by Crippen LogP contribution is 2.37. The maximum Gasteiger partial charge on any atom is 0.336 e. The molecule has 0 unspecified atom stereocenters. The molecule has 0 saturated heterocycles. The number of nitrogens with two attached hydrogens (primary N) is 1. The van der Waals surface area contributed by atoms with Crippen LogP contribution in [0.4, 0.5) is 0 Å². The van der Waals surface area contributed by atoms with Gasteiger partial charge >= 0.3 is 5.97 Å². The summed E-state index contributed by atoms with van der Waals surface area (Å²) in [6, 6.07) is 15.2. The first-order valence-electron chi connectivity index (χ1n) is 7.65. The van der Waals surface area contributed by atoms with Crippen molar-refractivity contribution in [2.45, 2.75) is 0 Å². The van der Waals surface area contributed by atoms with Gasteiger partial charge in [0.05, 0.1) is 18.2 Å². The fourth-order valence-corrected chi connectivity index (χ4v) is 2.99. The van der Waals surface area contributed by atoms with Crippen LogP contribution in [0, 0.1) is 11.3 Å². The van der Waals surface area contributed by atoms with Crippen LogP contribution >= 0.6 is 0 Å². The summed E-state index contributed by atoms with van der Waals surface area (Å²) in [6.45, 7) is 0. The van der Waals surface area contributed by atoms with Crippen molar-refractivity contribution in [1.29, 1.82) is 5.26 Å². The molecule has 0 aliphatic rings. The van der Waals surface area contributed by atoms with Crippen molar-refractivity contribution in [3.05, 3.63) is 65.2 Å². The molecule has 0 bridgehead atoms. The topological polar surface area (TPSA) is 113 Å². The van der Waals surface area contributed by atoms with Crippen LogP contribution < -0.4 is 10.5 Å². The molecule has 0 radical (unpaired) electrons. The van der Waals surface area contributed by atoms with Crippen molar-refractivity contribution in [3.63, 3.8) is 0 Å². The average molecular weight is 346 g/mol. The Morgan fingerprint density at radius 3 is 2.46 bits per heavy atom. The molecule has 3 aromatic rings. The van der Waals surface area contributed by atoms with Crippen LogP contribution in [0.3, 0.4) is 0 Å². The fraction of sp³-hybridized carbons (Fsp3) is 0.0500. The van der Waals surface area contributed by atoms with Crippen LogP contribution in [0.2, 0.25) is 0 Å². The molecular weight excluding hydrogens is 332 g/mol. The molecule has 0 aliphatic heterocycles. The predicted octanol–water partition coefficient (Wildman–Crippen LogP) is 3.18. The monoisotopic (exact) mass is 346 g/mol. The van der Waals surface area contributed by atoms with E-state index in [0.29, 0.717) is 10.9 Å². The van der Waals surface area contributed by atoms with Gasteiger partial charge in [-0.25, -0.2) is 4.79 Å². The van der Waals surface area contributed by atoms with Crippen LogP contribution in [0.1, 0.15) is 26.3 Å². The third-order valence-corrected chi connectivity index (χ3v) is 4.15. The molecule has 0 saturated carbocycles. The number of hydrogen-bond donors (Lipinski definition) is 2. The van der Waals surface area contributed by atoms with E-state index in [0.717, 1.165) is 5.39 Å². The van der Waals surface area contributed by atoms with E-state index in [1.807, 2.05) is 18.2 Å². The molecular formula is C20H14N2O4. The number of carboxylic acid groups (broad SMARTS) is 1. The van der Waals surface area contributed by atoms with E-state index in [1.54, 1.807) is 24.3 Å². The van der Waals surface area contributed by atoms with E-state index >= 15 is 0 Å². The van der Waals surface area contributed by atoms with E-state index in [-0.39, 0.29) is 28.0 Å². The molecule has 3 rings (SSSR count). The maximum absolute atomic E-state index is 12.0. The van der Waals surface area contributed by atoms with E-state index in [2.05, 4.69) is 0 Å². The second-order valence-electron chi connectivity index (χ2n) is 5.59. The summed E-state index contributed by atoms with van der Waals surface area (Å²) < 4.78 is 5.21. The first-order valence-corrected chi connectivity index (χ1v) is 7.65. The third-order valence-electron chi connectivity index (χ3n) is 4.15. The van der Waals surface area contributed by atoms with Gasteiger partial charge in [-0.3, -0.25) is 4.79 Å². The van der Waals surface area contributed by atoms with Gasteiger partial charge in [0.2, 0.25) is 5.91 Å². The molecule has 3 N–H and O–H groups in total. The summed E-state index contributed by atoms with van der Waals surface area (Å²) >= 11 is 0. The van der Waals surface area contributed by atoms with Gasteiger partial charge in [0.15, 0.2) is 0 Å². The van der Waals surface area contributed by atoms with Crippen molar-refractivity contribution in [3.8, 4) is 22.9 Å². The van der Waals surface area contributed by atoms with Crippen molar-refractivity contribution in [1.82, 2.24) is 0 Å². The molecule has 6 nitrogen and oxygen atoms in total. The number of carbonyl (C=O) groups is 2. The maximum atomic E-state index is 12.0. The molecule has 3 aromatic carbocycles. The van der Waals surface area contributed by atoms with Gasteiger partial charge in [-0.15, -0.1) is 0 Å². The number of carbonyl (C=O) groups excluding carboxylic acids is 1. The second kappa shape index (κ2) is 6.57. The summed E-state index contributed by atoms with van der Waals surface area (Å²) in [7, 11) is 1.39. The SMILES string of the molecule is COc1cc(-c2c(C(N)=O)ccc3ccccc23)c(C(=O)O)cc1C#N. The lowest BCUT2D eigenvalue weighted by atomic mass is 9.89. The van der Waals surface area contributed by atoms with E-state index < -0.39 is 11.9 Å². The van der Waals surface area contributed by atoms with Gasteiger partial charge in [0.25, 0.3) is 0 Å². The first-order chi connectivity index (χ1) is 12.5. The zero-order chi connectivity index (χ0) is 18.8. The smallest absolute Gasteiger partial charge is 0.336 e. The summed E-state index contributed by atoms with van der Waals surface area (Å²) in [5.74, 6) is -1.68.